The van der Waals surface area contributed by atoms with Gasteiger partial charge >= 0.3 is 0 Å². The lowest BCUT2D eigenvalue weighted by atomic mass is 10.2. The zero-order valence-corrected chi connectivity index (χ0v) is 17.9. The van der Waals surface area contributed by atoms with Crippen molar-refractivity contribution in [2.24, 2.45) is 0 Å². The Balaban J connectivity index is 1.79. The number of nitrogens with one attached hydrogen (secondary N) is 1. The minimum absolute atomic E-state index is 0.677. The maximum atomic E-state index is 5.69. The number of nitrogens with zero attached hydrogens (tertiary/aromatic N) is 2. The number of benzene rings is 2. The average molecular weight is 491 g/mol. The molecule has 2 aromatic carbocycles. The van der Waals surface area contributed by atoms with Crippen molar-refractivity contribution in [2.75, 3.05) is 5.32 Å². The van der Waals surface area contributed by atoms with Crippen LogP contribution in [0.1, 0.15) is 11.1 Å². The molecule has 3 rings (SSSR count). The van der Waals surface area contributed by atoms with Gasteiger partial charge in [0, 0.05) is 40.1 Å². The fraction of sp³-hybridized carbons (Fsp3) is 0.100. The molecule has 0 saturated heterocycles. The molecule has 6 heteroatoms. The van der Waals surface area contributed by atoms with E-state index in [4.69, 9.17) is 12.2 Å². The Morgan fingerprint density at radius 3 is 2.35 bits per heavy atom. The van der Waals surface area contributed by atoms with Gasteiger partial charge in [-0.15, -0.1) is 0 Å². The van der Waals surface area contributed by atoms with E-state index in [9.17, 15) is 0 Å². The summed E-state index contributed by atoms with van der Waals surface area (Å²) in [5.41, 5.74) is 3.26. The van der Waals surface area contributed by atoms with Gasteiger partial charge in [-0.3, -0.25) is 4.98 Å². The van der Waals surface area contributed by atoms with E-state index >= 15 is 0 Å². The van der Waals surface area contributed by atoms with Gasteiger partial charge in [-0.1, -0.05) is 50.1 Å². The zero-order valence-electron chi connectivity index (χ0n) is 13.9. The van der Waals surface area contributed by atoms with Crippen molar-refractivity contribution in [2.45, 2.75) is 13.1 Å². The van der Waals surface area contributed by atoms with Crippen molar-refractivity contribution in [1.29, 1.82) is 0 Å². The molecular weight excluding hydrogens is 474 g/mol. The van der Waals surface area contributed by atoms with Crippen LogP contribution in [0.5, 0.6) is 0 Å². The summed E-state index contributed by atoms with van der Waals surface area (Å²) in [5, 5.41) is 4.01. The molecule has 0 aliphatic carbocycles. The summed E-state index contributed by atoms with van der Waals surface area (Å²) in [5.74, 6) is 0. The van der Waals surface area contributed by atoms with Gasteiger partial charge in [0.25, 0.3) is 0 Å². The molecule has 0 fully saturated rings. The van der Waals surface area contributed by atoms with Crippen LogP contribution in [0.2, 0.25) is 0 Å². The quantitative estimate of drug-likeness (QED) is 0.443. The summed E-state index contributed by atoms with van der Waals surface area (Å²) < 4.78 is 2.10. The Morgan fingerprint density at radius 1 is 0.923 bits per heavy atom. The number of rotatable bonds is 5. The van der Waals surface area contributed by atoms with Crippen LogP contribution < -0.4 is 5.32 Å². The van der Waals surface area contributed by atoms with E-state index in [1.54, 1.807) is 6.20 Å². The lowest BCUT2D eigenvalue weighted by molar-refractivity contribution is 0.412. The maximum Gasteiger partial charge on any atom is 0.174 e. The smallest absolute Gasteiger partial charge is 0.174 e. The summed E-state index contributed by atoms with van der Waals surface area (Å²) in [6.07, 6.45) is 3.65. The highest BCUT2D eigenvalue weighted by atomic mass is 79.9. The molecule has 0 spiro atoms. The normalized spacial score (nSPS) is 10.4. The van der Waals surface area contributed by atoms with Crippen LogP contribution in [0.25, 0.3) is 0 Å². The average Bonchev–Trinajstić information content (AvgIpc) is 2.64. The van der Waals surface area contributed by atoms with E-state index in [2.05, 4.69) is 65.3 Å². The SMILES string of the molecule is S=C(Nc1ccc(Br)cc1)N(Cc1cccnc1)Cc1cccc(Br)c1. The summed E-state index contributed by atoms with van der Waals surface area (Å²) in [7, 11) is 0. The fourth-order valence-electron chi connectivity index (χ4n) is 2.50. The van der Waals surface area contributed by atoms with Crippen molar-refractivity contribution in [3.63, 3.8) is 0 Å². The number of aromatic nitrogens is 1. The molecule has 0 bridgehead atoms. The zero-order chi connectivity index (χ0) is 18.4. The molecule has 26 heavy (non-hydrogen) atoms. The molecule has 1 aromatic heterocycles. The number of halogens is 2. The fourth-order valence-corrected chi connectivity index (χ4v) is 3.46. The highest BCUT2D eigenvalue weighted by molar-refractivity contribution is 9.10. The molecule has 0 aliphatic rings. The molecular formula is C20H17Br2N3S. The molecule has 0 saturated carbocycles. The second kappa shape index (κ2) is 9.26. The van der Waals surface area contributed by atoms with Gasteiger partial charge in [0.05, 0.1) is 0 Å². The van der Waals surface area contributed by atoms with Gasteiger partial charge in [0.2, 0.25) is 0 Å². The van der Waals surface area contributed by atoms with E-state index in [0.29, 0.717) is 18.2 Å². The Hall–Kier alpha value is -1.76. The minimum Gasteiger partial charge on any atom is -0.340 e. The topological polar surface area (TPSA) is 28.2 Å². The summed E-state index contributed by atoms with van der Waals surface area (Å²) in [4.78, 5) is 6.34. The van der Waals surface area contributed by atoms with E-state index in [-0.39, 0.29) is 0 Å². The first-order chi connectivity index (χ1) is 12.6. The van der Waals surface area contributed by atoms with Crippen molar-refractivity contribution >= 4 is 54.9 Å². The lowest BCUT2D eigenvalue weighted by Crippen LogP contribution is -2.33. The third-order valence-electron chi connectivity index (χ3n) is 3.74. The van der Waals surface area contributed by atoms with Gasteiger partial charge in [-0.05, 0) is 65.8 Å². The highest BCUT2D eigenvalue weighted by Gasteiger charge is 2.12. The second-order valence-corrected chi connectivity index (χ2v) is 8.00. The van der Waals surface area contributed by atoms with Gasteiger partial charge in [0.1, 0.15) is 0 Å². The first-order valence-corrected chi connectivity index (χ1v) is 10.0. The molecule has 3 nitrogen and oxygen atoms in total. The molecule has 3 aromatic rings. The van der Waals surface area contributed by atoms with Crippen LogP contribution in [-0.2, 0) is 13.1 Å². The summed E-state index contributed by atoms with van der Waals surface area (Å²) in [6.45, 7) is 1.39. The molecule has 132 valence electrons. The Kier molecular flexibility index (Phi) is 6.77. The van der Waals surface area contributed by atoms with E-state index < -0.39 is 0 Å². The van der Waals surface area contributed by atoms with Crippen LogP contribution in [0, 0.1) is 0 Å². The number of thiocarbonyl (C=S) groups is 1. The van der Waals surface area contributed by atoms with Crippen LogP contribution in [-0.4, -0.2) is 15.0 Å². The molecule has 1 N–H and O–H groups in total. The van der Waals surface area contributed by atoms with Crippen LogP contribution in [0.15, 0.2) is 82.0 Å². The number of anilines is 1. The monoisotopic (exact) mass is 489 g/mol. The van der Waals surface area contributed by atoms with Crippen molar-refractivity contribution in [1.82, 2.24) is 9.88 Å². The van der Waals surface area contributed by atoms with Crippen molar-refractivity contribution in [3.8, 4) is 0 Å². The Morgan fingerprint density at radius 2 is 1.65 bits per heavy atom. The minimum atomic E-state index is 0.677. The van der Waals surface area contributed by atoms with E-state index in [1.165, 1.54) is 5.56 Å². The number of hydrogen-bond acceptors (Lipinski definition) is 2. The second-order valence-electron chi connectivity index (χ2n) is 5.78. The van der Waals surface area contributed by atoms with Crippen LogP contribution in [0.4, 0.5) is 5.69 Å². The molecule has 0 atom stereocenters. The highest BCUT2D eigenvalue weighted by Crippen LogP contribution is 2.18. The first kappa shape index (κ1) is 19.0. The third-order valence-corrected chi connectivity index (χ3v) is 5.12. The van der Waals surface area contributed by atoms with Crippen LogP contribution in [0.3, 0.4) is 0 Å². The summed E-state index contributed by atoms with van der Waals surface area (Å²) in [6, 6.07) is 20.2. The van der Waals surface area contributed by atoms with Gasteiger partial charge in [-0.2, -0.15) is 0 Å². The largest absolute Gasteiger partial charge is 0.340 e. The predicted octanol–water partition coefficient (Wildman–Crippen LogP) is 6.01. The molecule has 0 amide bonds. The van der Waals surface area contributed by atoms with E-state index in [1.807, 2.05) is 48.7 Å². The maximum absolute atomic E-state index is 5.69. The first-order valence-electron chi connectivity index (χ1n) is 8.05. The molecule has 0 unspecified atom stereocenters. The van der Waals surface area contributed by atoms with Crippen LogP contribution >= 0.6 is 44.1 Å². The molecule has 1 heterocycles. The molecule has 0 radical (unpaired) electrons. The predicted molar refractivity (Wildman–Crippen MR) is 118 cm³/mol. The summed E-state index contributed by atoms with van der Waals surface area (Å²) >= 11 is 12.7. The lowest BCUT2D eigenvalue weighted by Gasteiger charge is -2.26. The number of hydrogen-bond donors (Lipinski definition) is 1. The Labute approximate surface area is 175 Å². The van der Waals surface area contributed by atoms with Crippen molar-refractivity contribution < 1.29 is 0 Å². The number of pyridine rings is 1. The van der Waals surface area contributed by atoms with Gasteiger partial charge in [-0.25, -0.2) is 0 Å². The van der Waals surface area contributed by atoms with E-state index in [0.717, 1.165) is 20.2 Å². The molecule has 0 aliphatic heterocycles. The standard InChI is InChI=1S/C20H17Br2N3S/c21-17-6-8-19(9-7-17)24-20(26)25(14-16-4-2-10-23-12-16)13-15-3-1-5-18(22)11-15/h1-12H,13-14H2,(H,24,26). The third kappa shape index (κ3) is 5.62. The van der Waals surface area contributed by atoms with Gasteiger partial charge < -0.3 is 10.2 Å². The van der Waals surface area contributed by atoms with Crippen molar-refractivity contribution in [3.05, 3.63) is 93.1 Å². The van der Waals surface area contributed by atoms with Gasteiger partial charge in [0.15, 0.2) is 5.11 Å². The Bertz CT molecular complexity index is 870.